The van der Waals surface area contributed by atoms with Crippen LogP contribution in [0.15, 0.2) is 30.3 Å². The number of rotatable bonds is 4. The van der Waals surface area contributed by atoms with Crippen molar-refractivity contribution in [1.82, 2.24) is 4.90 Å². The number of β-lactam (4-membered cyclic amide) rings is 1. The van der Waals surface area contributed by atoms with E-state index in [9.17, 15) is 14.4 Å². The van der Waals surface area contributed by atoms with Crippen LogP contribution in [0.4, 0.5) is 0 Å². The Balaban J connectivity index is 1.69. The summed E-state index contributed by atoms with van der Waals surface area (Å²) in [5.74, 6) is -1.14. The Labute approximate surface area is 162 Å². The summed E-state index contributed by atoms with van der Waals surface area (Å²) in [7, 11) is 0. The third kappa shape index (κ3) is 2.84. The van der Waals surface area contributed by atoms with Gasteiger partial charge >= 0.3 is 5.97 Å². The van der Waals surface area contributed by atoms with Crippen LogP contribution in [0.25, 0.3) is 0 Å². The predicted molar refractivity (Wildman–Crippen MR) is 100 cm³/mol. The van der Waals surface area contributed by atoms with Crippen molar-refractivity contribution in [2.45, 2.75) is 32.9 Å². The van der Waals surface area contributed by atoms with Crippen LogP contribution in [0.2, 0.25) is 0 Å². The molecule has 1 amide bonds. The van der Waals surface area contributed by atoms with Crippen LogP contribution in [0, 0.1) is 0 Å². The maximum atomic E-state index is 12.5. The zero-order chi connectivity index (χ0) is 17.7. The number of amides is 1. The van der Waals surface area contributed by atoms with Gasteiger partial charge in [-0.3, -0.25) is 9.59 Å². The van der Waals surface area contributed by atoms with Gasteiger partial charge < -0.3 is 9.64 Å². The van der Waals surface area contributed by atoms with E-state index in [1.54, 1.807) is 30.3 Å². The number of fused-ring (bicyclic) bond motifs is 1. The topological polar surface area (TPSA) is 63.7 Å². The summed E-state index contributed by atoms with van der Waals surface area (Å²) in [4.78, 5) is 38.3. The number of alkyl halides is 2. The van der Waals surface area contributed by atoms with E-state index in [0.717, 1.165) is 0 Å². The number of hydrogen-bond donors (Lipinski definition) is 0. The normalized spacial score (nSPS) is 30.5. The quantitative estimate of drug-likeness (QED) is 0.218. The van der Waals surface area contributed by atoms with Crippen LogP contribution in [-0.4, -0.2) is 48.2 Å². The lowest BCUT2D eigenvalue weighted by molar-refractivity contribution is -0.160. The van der Waals surface area contributed by atoms with Crippen molar-refractivity contribution in [3.8, 4) is 0 Å². The molecular formula is C16H15ClINO4S. The largest absolute Gasteiger partial charge is 0.456 e. The summed E-state index contributed by atoms with van der Waals surface area (Å²) in [6.07, 6.45) is 0. The Hall–Kier alpha value is -0.800. The molecule has 2 saturated heterocycles. The molecule has 0 radical (unpaired) electrons. The number of Topliss-reactive ketones (excluding diaryl/α,β-unsaturated/α-hetero) is 1. The summed E-state index contributed by atoms with van der Waals surface area (Å²) < 4.78 is 3.65. The van der Waals surface area contributed by atoms with Crippen molar-refractivity contribution >= 4 is 63.6 Å². The number of hydrogen-bond acceptors (Lipinski definition) is 5. The third-order valence-electron chi connectivity index (χ3n) is 4.10. The van der Waals surface area contributed by atoms with Crippen molar-refractivity contribution in [1.29, 1.82) is 0 Å². The minimum Gasteiger partial charge on any atom is -0.456 e. The molecule has 0 spiro atoms. The first-order valence-corrected chi connectivity index (χ1v) is 9.63. The molecule has 1 aromatic rings. The molecule has 0 unspecified atom stereocenters. The molecule has 128 valence electrons. The van der Waals surface area contributed by atoms with E-state index < -0.39 is 19.6 Å². The molecular weight excluding hydrogens is 465 g/mol. The van der Waals surface area contributed by atoms with Crippen LogP contribution in [0.5, 0.6) is 0 Å². The molecule has 2 heterocycles. The fourth-order valence-electron chi connectivity index (χ4n) is 2.88. The van der Waals surface area contributed by atoms with E-state index in [1.807, 2.05) is 36.4 Å². The second-order valence-electron chi connectivity index (χ2n) is 6.21. The minimum atomic E-state index is -1.02. The average Bonchev–Trinajstić information content (AvgIpc) is 2.83. The fraction of sp³-hybridized carbons (Fsp3) is 0.438. The molecule has 1 aromatic carbocycles. The Bertz CT molecular complexity index is 709. The second-order valence-corrected chi connectivity index (χ2v) is 10.9. The lowest BCUT2D eigenvalue weighted by Crippen LogP contribution is -2.68. The van der Waals surface area contributed by atoms with Gasteiger partial charge in [-0.25, -0.2) is 4.79 Å². The molecule has 0 saturated carbocycles. The predicted octanol–water partition coefficient (Wildman–Crippen LogP) is 2.84. The van der Waals surface area contributed by atoms with E-state index in [-0.39, 0.29) is 23.7 Å². The highest BCUT2D eigenvalue weighted by atomic mass is 127. The van der Waals surface area contributed by atoms with Gasteiger partial charge in [0.15, 0.2) is 12.4 Å². The standard InChI is InChI=1S/C16H15ClINO4S/c1-15(2)11(19-13(22)16(17,18)14(19)24-15)12(21)23-8-10(20)9-6-4-3-5-7-9/h3-7,11,14H,8H2,1-2H3/t11-,14+,16+/m0/s1. The maximum absolute atomic E-state index is 12.5. The molecule has 0 N–H and O–H groups in total. The summed E-state index contributed by atoms with van der Waals surface area (Å²) in [6.45, 7) is 3.40. The number of ether oxygens (including phenoxy) is 1. The van der Waals surface area contributed by atoms with Gasteiger partial charge in [0, 0.05) is 10.3 Å². The van der Waals surface area contributed by atoms with Crippen LogP contribution in [-0.2, 0) is 14.3 Å². The lowest BCUT2D eigenvalue weighted by atomic mass is 9.98. The number of carbonyl (C=O) groups is 3. The molecule has 2 aliphatic heterocycles. The number of nitrogens with zero attached hydrogens (tertiary/aromatic N) is 1. The number of carbonyl (C=O) groups excluding carboxylic acids is 3. The van der Waals surface area contributed by atoms with E-state index >= 15 is 0 Å². The molecule has 3 atom stereocenters. The van der Waals surface area contributed by atoms with E-state index in [4.69, 9.17) is 16.3 Å². The maximum Gasteiger partial charge on any atom is 0.330 e. The van der Waals surface area contributed by atoms with Crippen LogP contribution in [0.3, 0.4) is 0 Å². The van der Waals surface area contributed by atoms with Gasteiger partial charge in [0.1, 0.15) is 11.4 Å². The van der Waals surface area contributed by atoms with Crippen molar-refractivity contribution in [2.75, 3.05) is 6.61 Å². The average molecular weight is 480 g/mol. The molecule has 5 nitrogen and oxygen atoms in total. The zero-order valence-electron chi connectivity index (χ0n) is 13.0. The van der Waals surface area contributed by atoms with E-state index in [0.29, 0.717) is 5.56 Å². The van der Waals surface area contributed by atoms with Gasteiger partial charge in [0.05, 0.1) is 0 Å². The Morgan fingerprint density at radius 2 is 1.96 bits per heavy atom. The minimum absolute atomic E-state index is 0.273. The highest BCUT2D eigenvalue weighted by Gasteiger charge is 2.70. The molecule has 3 rings (SSSR count). The number of thioether (sulfide) groups is 1. The summed E-state index contributed by atoms with van der Waals surface area (Å²) >= 11 is 9.61. The van der Waals surface area contributed by atoms with Crippen molar-refractivity contribution in [2.24, 2.45) is 0 Å². The number of halogens is 2. The molecule has 0 aliphatic carbocycles. The first-order chi connectivity index (χ1) is 11.2. The van der Waals surface area contributed by atoms with Crippen molar-refractivity contribution in [3.63, 3.8) is 0 Å². The number of benzene rings is 1. The van der Waals surface area contributed by atoms with Gasteiger partial charge in [-0.05, 0) is 36.4 Å². The number of ketones is 1. The van der Waals surface area contributed by atoms with Crippen molar-refractivity contribution < 1.29 is 19.1 Å². The van der Waals surface area contributed by atoms with Crippen LogP contribution in [0.1, 0.15) is 24.2 Å². The number of esters is 1. The van der Waals surface area contributed by atoms with Crippen LogP contribution < -0.4 is 0 Å². The monoisotopic (exact) mass is 479 g/mol. The zero-order valence-corrected chi connectivity index (χ0v) is 16.7. The fourth-order valence-corrected chi connectivity index (χ4v) is 5.67. The Kier molecular flexibility index (Phi) is 4.63. The van der Waals surface area contributed by atoms with E-state index in [1.165, 1.54) is 16.7 Å². The molecule has 24 heavy (non-hydrogen) atoms. The summed E-state index contributed by atoms with van der Waals surface area (Å²) in [5.41, 5.74) is 0.482. The Morgan fingerprint density at radius 3 is 2.58 bits per heavy atom. The second kappa shape index (κ2) is 6.17. The lowest BCUT2D eigenvalue weighted by Gasteiger charge is -2.46. The Morgan fingerprint density at radius 1 is 1.33 bits per heavy atom. The van der Waals surface area contributed by atoms with Gasteiger partial charge in [-0.1, -0.05) is 41.9 Å². The van der Waals surface area contributed by atoms with Gasteiger partial charge in [0.25, 0.3) is 5.91 Å². The van der Waals surface area contributed by atoms with E-state index in [2.05, 4.69) is 0 Å². The van der Waals surface area contributed by atoms with Gasteiger partial charge in [-0.15, -0.1) is 11.8 Å². The molecule has 0 aromatic heterocycles. The molecule has 2 fully saturated rings. The summed E-state index contributed by atoms with van der Waals surface area (Å²) in [6, 6.07) is 7.88. The molecule has 8 heteroatoms. The highest BCUT2D eigenvalue weighted by Crippen LogP contribution is 2.59. The molecule has 2 aliphatic rings. The van der Waals surface area contributed by atoms with Gasteiger partial charge in [-0.2, -0.15) is 0 Å². The highest BCUT2D eigenvalue weighted by molar-refractivity contribution is 14.1. The van der Waals surface area contributed by atoms with Gasteiger partial charge in [0.2, 0.25) is 2.88 Å². The smallest absolute Gasteiger partial charge is 0.330 e. The molecule has 0 bridgehead atoms. The first kappa shape index (κ1) is 18.0. The first-order valence-electron chi connectivity index (χ1n) is 7.29. The van der Waals surface area contributed by atoms with Crippen LogP contribution >= 0.6 is 46.0 Å². The SMILES string of the molecule is CC1(C)S[C@H]2N(C(=O)[C@@]2(Cl)I)[C@H]1C(=O)OCC(=O)c1ccccc1. The summed E-state index contributed by atoms with van der Waals surface area (Å²) in [5, 5.41) is -0.273. The van der Waals surface area contributed by atoms with Crippen molar-refractivity contribution in [3.05, 3.63) is 35.9 Å². The third-order valence-corrected chi connectivity index (χ3v) is 7.71.